The summed E-state index contributed by atoms with van der Waals surface area (Å²) in [5.41, 5.74) is 0. The molecule has 14 heavy (non-hydrogen) atoms. The van der Waals surface area contributed by atoms with Gasteiger partial charge in [-0.25, -0.2) is 4.79 Å². The van der Waals surface area contributed by atoms with Gasteiger partial charge >= 0.3 is 12.1 Å². The Morgan fingerprint density at radius 3 is 2.36 bits per heavy atom. The number of nitrogens with zero attached hydrogens (tertiary/aromatic N) is 1. The van der Waals surface area contributed by atoms with E-state index in [1.807, 2.05) is 4.90 Å². The van der Waals surface area contributed by atoms with Gasteiger partial charge in [0.25, 0.3) is 0 Å². The van der Waals surface area contributed by atoms with Crippen molar-refractivity contribution >= 4 is 5.97 Å². The van der Waals surface area contributed by atoms with E-state index in [0.29, 0.717) is 6.54 Å². The van der Waals surface area contributed by atoms with E-state index in [2.05, 4.69) is 4.74 Å². The molecule has 3 nitrogen and oxygen atoms in total. The lowest BCUT2D eigenvalue weighted by atomic mass is 10.4. The van der Waals surface area contributed by atoms with Gasteiger partial charge in [-0.15, -0.1) is 0 Å². The van der Waals surface area contributed by atoms with Gasteiger partial charge in [-0.1, -0.05) is 0 Å². The SMILES string of the molecule is O=C(OCCN1CCCC1)C(F)(F)F. The van der Waals surface area contributed by atoms with E-state index in [-0.39, 0.29) is 6.61 Å². The molecule has 0 spiro atoms. The molecule has 0 atom stereocenters. The quantitative estimate of drug-likeness (QED) is 0.657. The smallest absolute Gasteiger partial charge is 0.458 e. The summed E-state index contributed by atoms with van der Waals surface area (Å²) in [7, 11) is 0. The molecule has 0 bridgehead atoms. The average Bonchev–Trinajstić information content (AvgIpc) is 2.55. The predicted molar refractivity (Wildman–Crippen MR) is 42.7 cm³/mol. The van der Waals surface area contributed by atoms with Crippen LogP contribution in [0.5, 0.6) is 0 Å². The van der Waals surface area contributed by atoms with Crippen molar-refractivity contribution in [2.45, 2.75) is 19.0 Å². The molecule has 6 heteroatoms. The van der Waals surface area contributed by atoms with Crippen molar-refractivity contribution in [1.29, 1.82) is 0 Å². The number of esters is 1. The Bertz CT molecular complexity index is 199. The third-order valence-electron chi connectivity index (χ3n) is 2.07. The highest BCUT2D eigenvalue weighted by Crippen LogP contribution is 2.16. The van der Waals surface area contributed by atoms with Crippen LogP contribution in [0.15, 0.2) is 0 Å². The first-order valence-corrected chi connectivity index (χ1v) is 4.46. The van der Waals surface area contributed by atoms with Gasteiger partial charge in [0.2, 0.25) is 0 Å². The van der Waals surface area contributed by atoms with Crippen LogP contribution < -0.4 is 0 Å². The van der Waals surface area contributed by atoms with E-state index in [4.69, 9.17) is 0 Å². The van der Waals surface area contributed by atoms with Gasteiger partial charge in [0.15, 0.2) is 0 Å². The van der Waals surface area contributed by atoms with E-state index < -0.39 is 12.1 Å². The number of hydrogen-bond donors (Lipinski definition) is 0. The molecular weight excluding hydrogens is 199 g/mol. The Morgan fingerprint density at radius 2 is 1.86 bits per heavy atom. The summed E-state index contributed by atoms with van der Waals surface area (Å²) in [4.78, 5) is 12.2. The zero-order valence-electron chi connectivity index (χ0n) is 7.64. The third-order valence-corrected chi connectivity index (χ3v) is 2.07. The normalized spacial score (nSPS) is 18.5. The fourth-order valence-corrected chi connectivity index (χ4v) is 1.36. The Kier molecular flexibility index (Phi) is 3.74. The minimum atomic E-state index is -4.87. The molecule has 1 fully saturated rings. The molecule has 0 aliphatic carbocycles. The summed E-state index contributed by atoms with van der Waals surface area (Å²) in [6.07, 6.45) is -2.74. The van der Waals surface area contributed by atoms with Crippen molar-refractivity contribution in [3.05, 3.63) is 0 Å². The molecule has 0 radical (unpaired) electrons. The first-order valence-electron chi connectivity index (χ1n) is 4.46. The van der Waals surface area contributed by atoms with Crippen molar-refractivity contribution in [1.82, 2.24) is 4.90 Å². The van der Waals surface area contributed by atoms with Crippen molar-refractivity contribution in [3.8, 4) is 0 Å². The maximum atomic E-state index is 11.7. The standard InChI is InChI=1S/C8H12F3NO2/c9-8(10,11)7(13)14-6-5-12-3-1-2-4-12/h1-6H2. The summed E-state index contributed by atoms with van der Waals surface area (Å²) in [5, 5.41) is 0. The molecule has 0 amide bonds. The van der Waals surface area contributed by atoms with Crippen molar-refractivity contribution in [3.63, 3.8) is 0 Å². The van der Waals surface area contributed by atoms with Crippen LogP contribution in [0.25, 0.3) is 0 Å². The highest BCUT2D eigenvalue weighted by molar-refractivity contribution is 5.75. The molecule has 1 aliphatic heterocycles. The van der Waals surface area contributed by atoms with E-state index in [9.17, 15) is 18.0 Å². The second-order valence-electron chi connectivity index (χ2n) is 3.18. The van der Waals surface area contributed by atoms with Crippen LogP contribution in [0.1, 0.15) is 12.8 Å². The van der Waals surface area contributed by atoms with Crippen LogP contribution in [-0.2, 0) is 9.53 Å². The van der Waals surface area contributed by atoms with Crippen LogP contribution in [0, 0.1) is 0 Å². The minimum absolute atomic E-state index is 0.182. The van der Waals surface area contributed by atoms with Crippen molar-refractivity contribution in [2.75, 3.05) is 26.2 Å². The van der Waals surface area contributed by atoms with Crippen LogP contribution in [-0.4, -0.2) is 43.3 Å². The van der Waals surface area contributed by atoms with Gasteiger partial charge in [0, 0.05) is 6.54 Å². The molecular formula is C8H12F3NO2. The predicted octanol–water partition coefficient (Wildman–Crippen LogP) is 1.19. The zero-order valence-corrected chi connectivity index (χ0v) is 7.64. The van der Waals surface area contributed by atoms with Gasteiger partial charge in [-0.2, -0.15) is 13.2 Å². The van der Waals surface area contributed by atoms with E-state index in [0.717, 1.165) is 25.9 Å². The highest BCUT2D eigenvalue weighted by Gasteiger charge is 2.40. The third kappa shape index (κ3) is 3.53. The molecule has 1 rings (SSSR count). The largest absolute Gasteiger partial charge is 0.490 e. The maximum absolute atomic E-state index is 11.7. The van der Waals surface area contributed by atoms with Crippen molar-refractivity contribution < 1.29 is 22.7 Å². The van der Waals surface area contributed by atoms with Crippen LogP contribution >= 0.6 is 0 Å². The van der Waals surface area contributed by atoms with E-state index in [1.54, 1.807) is 0 Å². The first kappa shape index (κ1) is 11.3. The van der Waals surface area contributed by atoms with Gasteiger partial charge < -0.3 is 4.74 Å². The number of halogens is 3. The molecule has 0 aromatic heterocycles. The fourth-order valence-electron chi connectivity index (χ4n) is 1.36. The first-order chi connectivity index (χ1) is 6.50. The molecule has 82 valence electrons. The topological polar surface area (TPSA) is 29.5 Å². The van der Waals surface area contributed by atoms with Gasteiger partial charge in [0.1, 0.15) is 6.61 Å². The van der Waals surface area contributed by atoms with Crippen LogP contribution in [0.2, 0.25) is 0 Å². The second-order valence-corrected chi connectivity index (χ2v) is 3.18. The summed E-state index contributed by atoms with van der Waals surface area (Å²) < 4.78 is 39.0. The monoisotopic (exact) mass is 211 g/mol. The van der Waals surface area contributed by atoms with E-state index in [1.165, 1.54) is 0 Å². The second kappa shape index (κ2) is 4.63. The minimum Gasteiger partial charge on any atom is -0.458 e. The highest BCUT2D eigenvalue weighted by atomic mass is 19.4. The van der Waals surface area contributed by atoms with E-state index >= 15 is 0 Å². The number of carbonyl (C=O) groups excluding carboxylic acids is 1. The Labute approximate surface area is 79.8 Å². The van der Waals surface area contributed by atoms with Gasteiger partial charge in [-0.3, -0.25) is 4.90 Å². The number of rotatable bonds is 3. The molecule has 1 saturated heterocycles. The fraction of sp³-hybridized carbons (Fsp3) is 0.875. The van der Waals surface area contributed by atoms with Gasteiger partial charge in [-0.05, 0) is 25.9 Å². The Morgan fingerprint density at radius 1 is 1.29 bits per heavy atom. The molecule has 0 saturated carbocycles. The van der Waals surface area contributed by atoms with Crippen molar-refractivity contribution in [2.24, 2.45) is 0 Å². The Balaban J connectivity index is 2.11. The van der Waals surface area contributed by atoms with Crippen LogP contribution in [0.3, 0.4) is 0 Å². The summed E-state index contributed by atoms with van der Waals surface area (Å²) in [6.45, 7) is 1.97. The number of ether oxygens (including phenoxy) is 1. The zero-order chi connectivity index (χ0) is 10.6. The molecule has 0 unspecified atom stereocenters. The molecule has 0 aromatic carbocycles. The number of likely N-dealkylation sites (tertiary alicyclic amines) is 1. The van der Waals surface area contributed by atoms with Crippen LogP contribution in [0.4, 0.5) is 13.2 Å². The number of carbonyl (C=O) groups is 1. The molecule has 0 aromatic rings. The lowest BCUT2D eigenvalue weighted by Crippen LogP contribution is -2.30. The molecule has 1 heterocycles. The Hall–Kier alpha value is -0.780. The lowest BCUT2D eigenvalue weighted by molar-refractivity contribution is -0.199. The maximum Gasteiger partial charge on any atom is 0.490 e. The average molecular weight is 211 g/mol. The summed E-state index contributed by atoms with van der Waals surface area (Å²) in [5.74, 6) is -2.10. The molecule has 1 aliphatic rings. The number of hydrogen-bond acceptors (Lipinski definition) is 3. The summed E-state index contributed by atoms with van der Waals surface area (Å²) >= 11 is 0. The van der Waals surface area contributed by atoms with Gasteiger partial charge in [0.05, 0.1) is 0 Å². The lowest BCUT2D eigenvalue weighted by Gasteiger charge is -2.14. The molecule has 0 N–H and O–H groups in total. The number of alkyl halides is 3. The summed E-state index contributed by atoms with van der Waals surface area (Å²) in [6, 6.07) is 0.